The van der Waals surface area contributed by atoms with Crippen molar-refractivity contribution in [1.29, 1.82) is 0 Å². The SMILES string of the molecule is O=C(Nc1ccc(OC(F)(F)F)cc1)c1c[nH]nn1.[KH]. The summed E-state index contributed by atoms with van der Waals surface area (Å²) in [6, 6.07) is 4.73. The Balaban J connectivity index is 0.00000200. The van der Waals surface area contributed by atoms with Crippen molar-refractivity contribution in [2.24, 2.45) is 0 Å². The third-order valence-corrected chi connectivity index (χ3v) is 2.00. The van der Waals surface area contributed by atoms with Gasteiger partial charge in [-0.2, -0.15) is 0 Å². The van der Waals surface area contributed by atoms with Crippen molar-refractivity contribution in [3.8, 4) is 5.75 Å². The van der Waals surface area contributed by atoms with Crippen LogP contribution in [0, 0.1) is 0 Å². The van der Waals surface area contributed by atoms with Gasteiger partial charge in [0.15, 0.2) is 5.69 Å². The molecule has 0 bridgehead atoms. The van der Waals surface area contributed by atoms with Gasteiger partial charge in [0.25, 0.3) is 5.91 Å². The van der Waals surface area contributed by atoms with E-state index in [0.29, 0.717) is 5.69 Å². The Morgan fingerprint density at radius 2 is 1.90 bits per heavy atom. The fraction of sp³-hybridized carbons (Fsp3) is 0.100. The zero-order valence-electron chi connectivity index (χ0n) is 9.23. The molecule has 0 atom stereocenters. The molecule has 0 radical (unpaired) electrons. The minimum absolute atomic E-state index is 0. The van der Waals surface area contributed by atoms with Crippen LogP contribution in [0.1, 0.15) is 10.5 Å². The Bertz CT molecular complexity index is 557. The van der Waals surface area contributed by atoms with Gasteiger partial charge < -0.3 is 10.1 Å². The van der Waals surface area contributed by atoms with Crippen LogP contribution in [0.5, 0.6) is 5.75 Å². The molecule has 6 nitrogen and oxygen atoms in total. The van der Waals surface area contributed by atoms with Gasteiger partial charge in [0.2, 0.25) is 0 Å². The maximum atomic E-state index is 11.9. The summed E-state index contributed by atoms with van der Waals surface area (Å²) in [6.07, 6.45) is -3.46. The third kappa shape index (κ3) is 5.21. The Morgan fingerprint density at radius 1 is 1.25 bits per heavy atom. The van der Waals surface area contributed by atoms with E-state index in [1.54, 1.807) is 0 Å². The third-order valence-electron chi connectivity index (χ3n) is 2.00. The average molecular weight is 312 g/mol. The van der Waals surface area contributed by atoms with Crippen molar-refractivity contribution in [2.45, 2.75) is 6.36 Å². The number of H-pyrrole nitrogens is 1. The van der Waals surface area contributed by atoms with Crippen LogP contribution in [0.25, 0.3) is 0 Å². The molecular weight excluding hydrogens is 304 g/mol. The Morgan fingerprint density at radius 3 is 2.40 bits per heavy atom. The van der Waals surface area contributed by atoms with Crippen LogP contribution in [0.2, 0.25) is 0 Å². The molecule has 2 N–H and O–H groups in total. The van der Waals surface area contributed by atoms with E-state index in [4.69, 9.17) is 0 Å². The normalized spacial score (nSPS) is 10.6. The second-order valence-electron chi connectivity index (χ2n) is 3.38. The number of halogens is 3. The van der Waals surface area contributed by atoms with E-state index in [9.17, 15) is 18.0 Å². The molecule has 10 heteroatoms. The van der Waals surface area contributed by atoms with Gasteiger partial charge in [0.1, 0.15) is 5.75 Å². The summed E-state index contributed by atoms with van der Waals surface area (Å²) < 4.78 is 39.5. The van der Waals surface area contributed by atoms with Crippen LogP contribution >= 0.6 is 0 Å². The molecule has 1 aromatic carbocycles. The van der Waals surface area contributed by atoms with Gasteiger partial charge in [-0.1, -0.05) is 5.21 Å². The summed E-state index contributed by atoms with van der Waals surface area (Å²) >= 11 is 0. The molecule has 1 aromatic heterocycles. The van der Waals surface area contributed by atoms with Crippen LogP contribution in [0.4, 0.5) is 18.9 Å². The molecule has 2 rings (SSSR count). The Labute approximate surface area is 153 Å². The number of rotatable bonds is 3. The molecule has 2 aromatic rings. The summed E-state index contributed by atoms with van der Waals surface area (Å²) in [5.74, 6) is -0.898. The van der Waals surface area contributed by atoms with Gasteiger partial charge in [-0.05, 0) is 24.3 Å². The van der Waals surface area contributed by atoms with E-state index in [2.05, 4.69) is 25.5 Å². The summed E-state index contributed by atoms with van der Waals surface area (Å²) in [6.45, 7) is 0. The van der Waals surface area contributed by atoms with E-state index < -0.39 is 12.3 Å². The number of hydrogen-bond acceptors (Lipinski definition) is 4. The summed E-state index contributed by atoms with van der Waals surface area (Å²) in [5, 5.41) is 11.6. The number of carbonyl (C=O) groups is 1. The molecule has 0 spiro atoms. The number of carbonyl (C=O) groups excluding carboxylic acids is 1. The van der Waals surface area contributed by atoms with E-state index in [1.807, 2.05) is 0 Å². The summed E-state index contributed by atoms with van der Waals surface area (Å²) in [4.78, 5) is 11.5. The zero-order valence-corrected chi connectivity index (χ0v) is 9.23. The van der Waals surface area contributed by atoms with Gasteiger partial charge >= 0.3 is 57.7 Å². The molecule has 0 saturated carbocycles. The molecule has 1 amide bonds. The number of amides is 1. The number of benzene rings is 1. The number of hydrogen-bond donors (Lipinski definition) is 2. The first kappa shape index (κ1) is 17.1. The van der Waals surface area contributed by atoms with Crippen LogP contribution in [0.15, 0.2) is 30.5 Å². The maximum absolute atomic E-state index is 11.9. The van der Waals surface area contributed by atoms with Gasteiger partial charge in [0.05, 0.1) is 6.20 Å². The van der Waals surface area contributed by atoms with Gasteiger partial charge in [-0.3, -0.25) is 9.89 Å². The van der Waals surface area contributed by atoms with Crippen molar-refractivity contribution < 1.29 is 22.7 Å². The Kier molecular flexibility index (Phi) is 6.14. The predicted molar refractivity (Wildman–Crippen MR) is 64.6 cm³/mol. The van der Waals surface area contributed by atoms with E-state index in [-0.39, 0.29) is 62.8 Å². The van der Waals surface area contributed by atoms with Gasteiger partial charge in [-0.25, -0.2) is 0 Å². The number of ether oxygens (including phenoxy) is 1. The predicted octanol–water partition coefficient (Wildman–Crippen LogP) is 1.31. The zero-order chi connectivity index (χ0) is 13.9. The van der Waals surface area contributed by atoms with Crippen LogP contribution in [-0.4, -0.2) is 79.1 Å². The van der Waals surface area contributed by atoms with Crippen LogP contribution < -0.4 is 10.1 Å². The van der Waals surface area contributed by atoms with Crippen LogP contribution in [-0.2, 0) is 0 Å². The van der Waals surface area contributed by atoms with Gasteiger partial charge in [0, 0.05) is 5.69 Å². The van der Waals surface area contributed by atoms with Crippen LogP contribution in [0.3, 0.4) is 0 Å². The first-order valence-electron chi connectivity index (χ1n) is 4.98. The fourth-order valence-electron chi connectivity index (χ4n) is 1.25. The molecule has 0 fully saturated rings. The average Bonchev–Trinajstić information content (AvgIpc) is 2.83. The molecule has 0 unspecified atom stereocenters. The van der Waals surface area contributed by atoms with Crippen molar-refractivity contribution in [3.63, 3.8) is 0 Å². The Hall–Kier alpha value is -0.944. The number of nitrogens with zero attached hydrogens (tertiary/aromatic N) is 2. The minimum atomic E-state index is -4.74. The number of aromatic amines is 1. The van der Waals surface area contributed by atoms with Crippen molar-refractivity contribution in [3.05, 3.63) is 36.2 Å². The van der Waals surface area contributed by atoms with E-state index >= 15 is 0 Å². The molecule has 20 heavy (non-hydrogen) atoms. The molecule has 0 saturated heterocycles. The number of anilines is 1. The fourth-order valence-corrected chi connectivity index (χ4v) is 1.25. The quantitative estimate of drug-likeness (QED) is 0.838. The second kappa shape index (κ2) is 7.18. The van der Waals surface area contributed by atoms with E-state index in [0.717, 1.165) is 12.1 Å². The molecule has 0 aliphatic carbocycles. The molecule has 1 heterocycles. The first-order chi connectivity index (χ1) is 8.94. The van der Waals surface area contributed by atoms with E-state index in [1.165, 1.54) is 18.3 Å². The molecule has 0 aliphatic rings. The first-order valence-corrected chi connectivity index (χ1v) is 4.98. The summed E-state index contributed by atoms with van der Waals surface area (Å²) in [7, 11) is 0. The topological polar surface area (TPSA) is 79.9 Å². The molecule has 102 valence electrons. The molecular formula is C10H8F3KN4O2. The van der Waals surface area contributed by atoms with Crippen molar-refractivity contribution >= 4 is 63.0 Å². The number of aromatic nitrogens is 3. The number of alkyl halides is 3. The monoisotopic (exact) mass is 312 g/mol. The standard InChI is InChI=1S/C10H7F3N4O2.K.H/c11-10(12,13)19-7-3-1-6(2-4-7)15-9(18)8-5-14-17-16-8;;/h1-5H,(H,15,18)(H,14,16,17);;. The molecule has 0 aliphatic heterocycles. The number of nitrogens with one attached hydrogen (secondary N) is 2. The van der Waals surface area contributed by atoms with Gasteiger partial charge in [-0.15, -0.1) is 18.3 Å². The summed E-state index contributed by atoms with van der Waals surface area (Å²) in [5.41, 5.74) is 0.373. The van der Waals surface area contributed by atoms with Crippen molar-refractivity contribution in [2.75, 3.05) is 5.32 Å². The second-order valence-corrected chi connectivity index (χ2v) is 3.38. The van der Waals surface area contributed by atoms with Crippen molar-refractivity contribution in [1.82, 2.24) is 15.4 Å².